The van der Waals surface area contributed by atoms with Gasteiger partial charge in [0.05, 0.1) is 21.6 Å². The molecular weight excluding hydrogens is 494 g/mol. The Labute approximate surface area is 218 Å². The maximum atomic E-state index is 13.5. The lowest BCUT2D eigenvalue weighted by Crippen LogP contribution is -2.41. The van der Waals surface area contributed by atoms with E-state index in [-0.39, 0.29) is 21.6 Å². The van der Waals surface area contributed by atoms with Crippen molar-refractivity contribution in [2.24, 2.45) is 5.92 Å². The highest BCUT2D eigenvalue weighted by atomic mass is 35.5. The van der Waals surface area contributed by atoms with Crippen molar-refractivity contribution in [1.29, 1.82) is 0 Å². The number of hydrogen-bond acceptors (Lipinski definition) is 4. The number of anilines is 2. The number of benzene rings is 3. The normalized spacial score (nSPS) is 16.9. The molecule has 8 heteroatoms. The van der Waals surface area contributed by atoms with Gasteiger partial charge in [-0.2, -0.15) is 0 Å². The predicted octanol–water partition coefficient (Wildman–Crippen LogP) is 5.65. The number of sulfonamides is 1. The Balaban J connectivity index is 1.50. The third kappa shape index (κ3) is 6.02. The van der Waals surface area contributed by atoms with Gasteiger partial charge in [0.25, 0.3) is 10.0 Å². The standard InChI is InChI=1S/C28H32ClN3O3S/c1-21-9-8-18-31(19-21)24-16-14-23(15-17-24)22(2)30-28(33)20-32(27-13-7-6-12-26(27)29)36(34,35)25-10-4-3-5-11-25/h3-7,10-17,21-22H,8-9,18-20H2,1-2H3,(H,30,33). The molecule has 1 heterocycles. The summed E-state index contributed by atoms with van der Waals surface area (Å²) in [5.41, 5.74) is 2.39. The lowest BCUT2D eigenvalue weighted by atomic mass is 9.99. The minimum Gasteiger partial charge on any atom is -0.371 e. The molecule has 1 N–H and O–H groups in total. The highest BCUT2D eigenvalue weighted by Gasteiger charge is 2.29. The molecule has 3 aromatic rings. The zero-order valence-electron chi connectivity index (χ0n) is 20.6. The van der Waals surface area contributed by atoms with Gasteiger partial charge in [-0.3, -0.25) is 9.10 Å². The largest absolute Gasteiger partial charge is 0.371 e. The van der Waals surface area contributed by atoms with E-state index in [9.17, 15) is 13.2 Å². The van der Waals surface area contributed by atoms with E-state index in [2.05, 4.69) is 29.3 Å². The van der Waals surface area contributed by atoms with Crippen molar-refractivity contribution in [2.45, 2.75) is 37.6 Å². The molecule has 2 unspecified atom stereocenters. The molecule has 0 radical (unpaired) electrons. The molecule has 6 nitrogen and oxygen atoms in total. The number of para-hydroxylation sites is 1. The summed E-state index contributed by atoms with van der Waals surface area (Å²) < 4.78 is 28.0. The molecule has 0 bridgehead atoms. The van der Waals surface area contributed by atoms with Crippen LogP contribution in [0, 0.1) is 5.92 Å². The molecule has 0 aromatic heterocycles. The second-order valence-corrected chi connectivity index (χ2v) is 11.6. The van der Waals surface area contributed by atoms with E-state index in [1.165, 1.54) is 30.7 Å². The van der Waals surface area contributed by atoms with Gasteiger partial charge < -0.3 is 10.2 Å². The van der Waals surface area contributed by atoms with Crippen molar-refractivity contribution in [3.8, 4) is 0 Å². The van der Waals surface area contributed by atoms with Gasteiger partial charge in [0, 0.05) is 18.8 Å². The molecule has 1 aliphatic heterocycles. The number of carbonyl (C=O) groups excluding carboxylic acids is 1. The Kier molecular flexibility index (Phi) is 8.21. The summed E-state index contributed by atoms with van der Waals surface area (Å²) >= 11 is 6.34. The van der Waals surface area contributed by atoms with Gasteiger partial charge in [0.1, 0.15) is 6.54 Å². The number of carbonyl (C=O) groups is 1. The monoisotopic (exact) mass is 525 g/mol. The van der Waals surface area contributed by atoms with Crippen molar-refractivity contribution in [2.75, 3.05) is 28.8 Å². The van der Waals surface area contributed by atoms with Crippen LogP contribution in [0.25, 0.3) is 0 Å². The van der Waals surface area contributed by atoms with Crippen molar-refractivity contribution >= 4 is 38.9 Å². The smallest absolute Gasteiger partial charge is 0.264 e. The number of hydrogen-bond donors (Lipinski definition) is 1. The summed E-state index contributed by atoms with van der Waals surface area (Å²) in [6.45, 7) is 5.89. The highest BCUT2D eigenvalue weighted by Crippen LogP contribution is 2.30. The Hall–Kier alpha value is -3.03. The molecule has 0 saturated carbocycles. The molecule has 190 valence electrons. The molecule has 4 rings (SSSR count). The minimum absolute atomic E-state index is 0.0911. The third-order valence-corrected chi connectivity index (χ3v) is 8.63. The Morgan fingerprint density at radius 3 is 2.39 bits per heavy atom. The lowest BCUT2D eigenvalue weighted by Gasteiger charge is -2.33. The first-order chi connectivity index (χ1) is 17.3. The van der Waals surface area contributed by atoms with E-state index < -0.39 is 22.5 Å². The number of rotatable bonds is 8. The maximum absolute atomic E-state index is 13.5. The zero-order chi connectivity index (χ0) is 25.7. The first-order valence-electron chi connectivity index (χ1n) is 12.2. The molecule has 2 atom stereocenters. The number of piperidine rings is 1. The van der Waals surface area contributed by atoms with Crippen LogP contribution < -0.4 is 14.5 Å². The predicted molar refractivity (Wildman–Crippen MR) is 146 cm³/mol. The van der Waals surface area contributed by atoms with Gasteiger partial charge >= 0.3 is 0 Å². The summed E-state index contributed by atoms with van der Waals surface area (Å²) in [5.74, 6) is 0.265. The zero-order valence-corrected chi connectivity index (χ0v) is 22.2. The maximum Gasteiger partial charge on any atom is 0.264 e. The van der Waals surface area contributed by atoms with Crippen molar-refractivity contribution in [1.82, 2.24) is 5.32 Å². The molecule has 1 saturated heterocycles. The summed E-state index contributed by atoms with van der Waals surface area (Å²) in [6.07, 6.45) is 2.46. The van der Waals surface area contributed by atoms with Gasteiger partial charge in [-0.1, -0.05) is 61.0 Å². The van der Waals surface area contributed by atoms with Crippen LogP contribution in [0.5, 0.6) is 0 Å². The number of nitrogens with zero attached hydrogens (tertiary/aromatic N) is 2. The summed E-state index contributed by atoms with van der Waals surface area (Å²) in [6, 6.07) is 22.6. The molecule has 1 aliphatic rings. The van der Waals surface area contributed by atoms with E-state index in [0.717, 1.165) is 23.0 Å². The third-order valence-electron chi connectivity index (χ3n) is 6.53. The molecule has 36 heavy (non-hydrogen) atoms. The van der Waals surface area contributed by atoms with Crippen LogP contribution >= 0.6 is 11.6 Å². The van der Waals surface area contributed by atoms with Crippen LogP contribution in [0.4, 0.5) is 11.4 Å². The van der Waals surface area contributed by atoms with Crippen LogP contribution in [0.3, 0.4) is 0 Å². The van der Waals surface area contributed by atoms with Crippen LogP contribution in [0.1, 0.15) is 38.3 Å². The fraction of sp³-hybridized carbons (Fsp3) is 0.321. The van der Waals surface area contributed by atoms with Gasteiger partial charge in [-0.25, -0.2) is 8.42 Å². The summed E-state index contributed by atoms with van der Waals surface area (Å²) in [5, 5.41) is 3.19. The first kappa shape index (κ1) is 26.0. The second-order valence-electron chi connectivity index (χ2n) is 9.35. The molecular formula is C28H32ClN3O3S. The topological polar surface area (TPSA) is 69.7 Å². The van der Waals surface area contributed by atoms with Crippen molar-refractivity contribution in [3.05, 3.63) is 89.4 Å². The lowest BCUT2D eigenvalue weighted by molar-refractivity contribution is -0.120. The number of nitrogens with one attached hydrogen (secondary N) is 1. The number of amides is 1. The van der Waals surface area contributed by atoms with Crippen LogP contribution in [-0.2, 0) is 14.8 Å². The molecule has 1 amide bonds. The first-order valence-corrected chi connectivity index (χ1v) is 14.0. The van der Waals surface area contributed by atoms with Crippen molar-refractivity contribution in [3.63, 3.8) is 0 Å². The number of halogens is 1. The van der Waals surface area contributed by atoms with E-state index in [0.29, 0.717) is 5.92 Å². The minimum atomic E-state index is -4.01. The van der Waals surface area contributed by atoms with Crippen molar-refractivity contribution < 1.29 is 13.2 Å². The Bertz CT molecular complexity index is 1280. The van der Waals surface area contributed by atoms with E-state index in [1.807, 2.05) is 19.1 Å². The van der Waals surface area contributed by atoms with Gasteiger partial charge in [0.2, 0.25) is 5.91 Å². The average molecular weight is 526 g/mol. The van der Waals surface area contributed by atoms with E-state index in [1.54, 1.807) is 42.5 Å². The quantitative estimate of drug-likeness (QED) is 0.412. The molecule has 1 fully saturated rings. The fourth-order valence-corrected chi connectivity index (χ4v) is 6.32. The molecule has 3 aromatic carbocycles. The average Bonchev–Trinajstić information content (AvgIpc) is 2.88. The Morgan fingerprint density at radius 1 is 1.06 bits per heavy atom. The Morgan fingerprint density at radius 2 is 1.72 bits per heavy atom. The van der Waals surface area contributed by atoms with Crippen LogP contribution in [-0.4, -0.2) is 34.0 Å². The van der Waals surface area contributed by atoms with Crippen LogP contribution in [0.2, 0.25) is 5.02 Å². The second kappa shape index (κ2) is 11.4. The summed E-state index contributed by atoms with van der Waals surface area (Å²) in [4.78, 5) is 15.6. The van der Waals surface area contributed by atoms with E-state index in [4.69, 9.17) is 11.6 Å². The molecule has 0 aliphatic carbocycles. The van der Waals surface area contributed by atoms with E-state index >= 15 is 0 Å². The van der Waals surface area contributed by atoms with Crippen LogP contribution in [0.15, 0.2) is 83.8 Å². The summed E-state index contributed by atoms with van der Waals surface area (Å²) in [7, 11) is -4.01. The van der Waals surface area contributed by atoms with Gasteiger partial charge in [-0.05, 0) is 67.6 Å². The molecule has 0 spiro atoms. The van der Waals surface area contributed by atoms with Gasteiger partial charge in [0.15, 0.2) is 0 Å². The highest BCUT2D eigenvalue weighted by molar-refractivity contribution is 7.92. The van der Waals surface area contributed by atoms with Gasteiger partial charge in [-0.15, -0.1) is 0 Å². The fourth-order valence-electron chi connectivity index (χ4n) is 4.57. The SMILES string of the molecule is CC1CCCN(c2ccc(C(C)NC(=O)CN(c3ccccc3Cl)S(=O)(=O)c3ccccc3)cc2)C1.